The molecule has 3 N–H and O–H groups in total. The van der Waals surface area contributed by atoms with Gasteiger partial charge >= 0.3 is 0 Å². The molecule has 3 heterocycles. The maximum atomic E-state index is 9.17. The predicted molar refractivity (Wildman–Crippen MR) is 105 cm³/mol. The number of guanidine groups is 1. The largest absolute Gasteiger partial charge is 0.392 e. The number of pyridine rings is 1. The highest BCUT2D eigenvalue weighted by molar-refractivity contribution is 7.14. The van der Waals surface area contributed by atoms with E-state index in [0.717, 1.165) is 58.8 Å². The van der Waals surface area contributed by atoms with Gasteiger partial charge in [-0.15, -0.1) is 11.3 Å². The van der Waals surface area contributed by atoms with Crippen molar-refractivity contribution < 1.29 is 5.11 Å². The fourth-order valence-corrected chi connectivity index (χ4v) is 3.39. The van der Waals surface area contributed by atoms with E-state index in [-0.39, 0.29) is 6.61 Å². The first-order valence-electron chi connectivity index (χ1n) is 8.50. The van der Waals surface area contributed by atoms with Crippen LogP contribution in [-0.4, -0.2) is 34.1 Å². The standard InChI is InChI=1S/C19H19N5OS/c25-11-13-5-7-14(8-6-13)15-3-1-4-16(22-15)17-12-26-19(23-17)24-18-20-9-2-10-21-18/h1,3-8,12,25H,2,9-11H2,(H2,20,21,23,24). The molecule has 132 valence electrons. The zero-order valence-corrected chi connectivity index (χ0v) is 15.0. The quantitative estimate of drug-likeness (QED) is 0.662. The minimum Gasteiger partial charge on any atom is -0.392 e. The number of thiazole rings is 1. The van der Waals surface area contributed by atoms with Gasteiger partial charge in [0.25, 0.3) is 0 Å². The summed E-state index contributed by atoms with van der Waals surface area (Å²) in [6, 6.07) is 13.7. The summed E-state index contributed by atoms with van der Waals surface area (Å²) in [4.78, 5) is 13.8. The van der Waals surface area contributed by atoms with E-state index in [9.17, 15) is 5.11 Å². The molecule has 0 saturated carbocycles. The summed E-state index contributed by atoms with van der Waals surface area (Å²) in [7, 11) is 0. The molecule has 0 fully saturated rings. The Labute approximate surface area is 155 Å². The molecule has 0 amide bonds. The Morgan fingerprint density at radius 2 is 1.88 bits per heavy atom. The van der Waals surface area contributed by atoms with Gasteiger partial charge in [-0.25, -0.2) is 9.97 Å². The zero-order chi connectivity index (χ0) is 17.8. The normalized spacial score (nSPS) is 13.8. The highest BCUT2D eigenvalue weighted by atomic mass is 32.1. The first-order chi connectivity index (χ1) is 12.8. The number of benzene rings is 1. The van der Waals surface area contributed by atoms with Crippen molar-refractivity contribution in [2.75, 3.05) is 18.4 Å². The summed E-state index contributed by atoms with van der Waals surface area (Å²) < 4.78 is 0. The van der Waals surface area contributed by atoms with Crippen LogP contribution in [0.15, 0.2) is 52.8 Å². The SMILES string of the molecule is OCc1ccc(-c2cccc(-c3csc(NC4=NCCCN4)n3)n2)cc1. The lowest BCUT2D eigenvalue weighted by Gasteiger charge is -2.14. The first-order valence-corrected chi connectivity index (χ1v) is 9.38. The van der Waals surface area contributed by atoms with Crippen molar-refractivity contribution in [2.24, 2.45) is 4.99 Å². The second-order valence-corrected chi connectivity index (χ2v) is 6.79. The van der Waals surface area contributed by atoms with Gasteiger partial charge in [0.2, 0.25) is 0 Å². The molecule has 1 aliphatic rings. The van der Waals surface area contributed by atoms with Crippen LogP contribution >= 0.6 is 11.3 Å². The zero-order valence-electron chi connectivity index (χ0n) is 14.1. The van der Waals surface area contributed by atoms with Gasteiger partial charge in [-0.2, -0.15) is 0 Å². The van der Waals surface area contributed by atoms with Gasteiger partial charge in [0.15, 0.2) is 11.1 Å². The topological polar surface area (TPSA) is 82.4 Å². The third-order valence-electron chi connectivity index (χ3n) is 4.07. The van der Waals surface area contributed by atoms with E-state index in [4.69, 9.17) is 4.98 Å². The average Bonchev–Trinajstić information content (AvgIpc) is 3.17. The lowest BCUT2D eigenvalue weighted by atomic mass is 10.1. The van der Waals surface area contributed by atoms with Crippen molar-refractivity contribution in [1.82, 2.24) is 15.3 Å². The van der Waals surface area contributed by atoms with Crippen molar-refractivity contribution in [2.45, 2.75) is 13.0 Å². The van der Waals surface area contributed by atoms with Crippen LogP contribution in [0.2, 0.25) is 0 Å². The molecule has 1 aliphatic heterocycles. The Morgan fingerprint density at radius 3 is 2.65 bits per heavy atom. The average molecular weight is 365 g/mol. The Balaban J connectivity index is 1.55. The van der Waals surface area contributed by atoms with Crippen molar-refractivity contribution in [3.63, 3.8) is 0 Å². The first kappa shape index (κ1) is 16.7. The van der Waals surface area contributed by atoms with E-state index in [1.807, 2.05) is 47.8 Å². The predicted octanol–water partition coefficient (Wildman–Crippen LogP) is 3.13. The summed E-state index contributed by atoms with van der Waals surface area (Å²) >= 11 is 1.53. The van der Waals surface area contributed by atoms with Crippen LogP contribution in [0.4, 0.5) is 5.13 Å². The number of nitrogens with zero attached hydrogens (tertiary/aromatic N) is 3. The maximum Gasteiger partial charge on any atom is 0.197 e. The molecule has 1 aromatic carbocycles. The number of anilines is 1. The lowest BCUT2D eigenvalue weighted by molar-refractivity contribution is 0.282. The van der Waals surface area contributed by atoms with Crippen LogP contribution in [0.5, 0.6) is 0 Å². The van der Waals surface area contributed by atoms with Gasteiger partial charge in [-0.3, -0.25) is 4.99 Å². The highest BCUT2D eigenvalue weighted by Gasteiger charge is 2.10. The molecule has 0 saturated heterocycles. The van der Waals surface area contributed by atoms with Gasteiger partial charge in [0, 0.05) is 24.0 Å². The Bertz CT molecular complexity index is 920. The van der Waals surface area contributed by atoms with E-state index in [1.165, 1.54) is 11.3 Å². The molecule has 0 unspecified atom stereocenters. The minimum atomic E-state index is 0.0441. The van der Waals surface area contributed by atoms with E-state index in [1.54, 1.807) is 0 Å². The van der Waals surface area contributed by atoms with Gasteiger partial charge in [0.1, 0.15) is 5.69 Å². The summed E-state index contributed by atoms with van der Waals surface area (Å²) in [5, 5.41) is 18.4. The van der Waals surface area contributed by atoms with Crippen LogP contribution in [0.3, 0.4) is 0 Å². The molecule has 26 heavy (non-hydrogen) atoms. The third kappa shape index (κ3) is 3.74. The molecule has 7 heteroatoms. The second-order valence-electron chi connectivity index (χ2n) is 5.94. The minimum absolute atomic E-state index is 0.0441. The van der Waals surface area contributed by atoms with Gasteiger partial charge in [-0.1, -0.05) is 30.3 Å². The molecule has 6 nitrogen and oxygen atoms in total. The summed E-state index contributed by atoms with van der Waals surface area (Å²) in [5.74, 6) is 0.780. The van der Waals surface area contributed by atoms with E-state index in [2.05, 4.69) is 20.6 Å². The highest BCUT2D eigenvalue weighted by Crippen LogP contribution is 2.26. The van der Waals surface area contributed by atoms with Crippen LogP contribution < -0.4 is 10.6 Å². The Kier molecular flexibility index (Phi) is 4.90. The fraction of sp³-hybridized carbons (Fsp3) is 0.211. The third-order valence-corrected chi connectivity index (χ3v) is 4.83. The molecule has 4 rings (SSSR count). The summed E-state index contributed by atoms with van der Waals surface area (Å²) in [5.41, 5.74) is 4.45. The van der Waals surface area contributed by atoms with E-state index in [0.29, 0.717) is 0 Å². The molecule has 0 bridgehead atoms. The van der Waals surface area contributed by atoms with Crippen molar-refractivity contribution >= 4 is 22.4 Å². The number of aromatic nitrogens is 2. The number of aliphatic hydroxyl groups excluding tert-OH is 1. The van der Waals surface area contributed by atoms with Crippen LogP contribution in [-0.2, 0) is 6.61 Å². The number of nitrogens with one attached hydrogen (secondary N) is 2. The maximum absolute atomic E-state index is 9.17. The van der Waals surface area contributed by atoms with Gasteiger partial charge in [-0.05, 0) is 24.1 Å². The molecule has 0 atom stereocenters. The number of hydrogen-bond donors (Lipinski definition) is 3. The number of hydrogen-bond acceptors (Lipinski definition) is 7. The smallest absolute Gasteiger partial charge is 0.197 e. The molecule has 2 aromatic heterocycles. The summed E-state index contributed by atoms with van der Waals surface area (Å²) in [6.07, 6.45) is 1.06. The van der Waals surface area contributed by atoms with Crippen molar-refractivity contribution in [1.29, 1.82) is 0 Å². The Morgan fingerprint density at radius 1 is 1.04 bits per heavy atom. The van der Waals surface area contributed by atoms with Crippen LogP contribution in [0, 0.1) is 0 Å². The number of aliphatic imine (C=N–C) groups is 1. The molecule has 3 aromatic rings. The van der Waals surface area contributed by atoms with Gasteiger partial charge < -0.3 is 15.7 Å². The number of aliphatic hydroxyl groups is 1. The molecular weight excluding hydrogens is 346 g/mol. The van der Waals surface area contributed by atoms with E-state index < -0.39 is 0 Å². The monoisotopic (exact) mass is 365 g/mol. The summed E-state index contributed by atoms with van der Waals surface area (Å²) in [6.45, 7) is 1.82. The number of rotatable bonds is 4. The van der Waals surface area contributed by atoms with Crippen molar-refractivity contribution in [3.8, 4) is 22.6 Å². The van der Waals surface area contributed by atoms with Crippen molar-refractivity contribution in [3.05, 3.63) is 53.4 Å². The molecule has 0 radical (unpaired) electrons. The van der Waals surface area contributed by atoms with Crippen LogP contribution in [0.25, 0.3) is 22.6 Å². The van der Waals surface area contributed by atoms with E-state index >= 15 is 0 Å². The van der Waals surface area contributed by atoms with Crippen LogP contribution in [0.1, 0.15) is 12.0 Å². The lowest BCUT2D eigenvalue weighted by Crippen LogP contribution is -2.35. The Hall–Kier alpha value is -2.77. The molecular formula is C19H19N5OS. The molecule has 0 aliphatic carbocycles. The molecule has 0 spiro atoms. The van der Waals surface area contributed by atoms with Gasteiger partial charge in [0.05, 0.1) is 18.0 Å². The fourth-order valence-electron chi connectivity index (χ4n) is 2.69. The second kappa shape index (κ2) is 7.63.